The van der Waals surface area contributed by atoms with Crippen LogP contribution >= 0.6 is 58.1 Å². The first-order valence-corrected chi connectivity index (χ1v) is 29.4. The quantitative estimate of drug-likeness (QED) is 0.158. The average molecular weight is 658 g/mol. The van der Waals surface area contributed by atoms with Crippen molar-refractivity contribution in [2.45, 2.75) is 48.7 Å². The molecule has 0 heterocycles. The van der Waals surface area contributed by atoms with Crippen molar-refractivity contribution in [3.05, 3.63) is 81.9 Å². The molecule has 4 rings (SSSR count). The Morgan fingerprint density at radius 1 is 0.788 bits per heavy atom. The molecule has 2 atom stereocenters. The summed E-state index contributed by atoms with van der Waals surface area (Å²) >= 11 is 15.2. The van der Waals surface area contributed by atoms with Crippen molar-refractivity contribution in [2.24, 2.45) is 0 Å². The number of benzene rings is 2. The number of hydrogen-bond donors (Lipinski definition) is 0. The molecule has 0 saturated carbocycles. The zero-order chi connectivity index (χ0) is 22.5. The van der Waals surface area contributed by atoms with Gasteiger partial charge in [-0.2, -0.15) is 0 Å². The Labute approximate surface area is 229 Å². The van der Waals surface area contributed by atoms with Crippen molar-refractivity contribution < 1.29 is 17.4 Å². The molecule has 2 aliphatic rings. The molecule has 0 saturated heterocycles. The fourth-order valence-corrected chi connectivity index (χ4v) is 34.7. The van der Waals surface area contributed by atoms with Gasteiger partial charge in [0.15, 0.2) is 0 Å². The van der Waals surface area contributed by atoms with Gasteiger partial charge in [-0.15, -0.1) is 24.8 Å². The van der Waals surface area contributed by atoms with Crippen molar-refractivity contribution in [1.82, 2.24) is 0 Å². The number of allylic oxidation sites excluding steroid dienone is 2. The largest absolute Gasteiger partial charge is 0.147 e. The minimum Gasteiger partial charge on any atom is -0.147 e. The first-order valence-electron chi connectivity index (χ1n) is 11.2. The van der Waals surface area contributed by atoms with Crippen molar-refractivity contribution in [2.75, 3.05) is 0 Å². The molecule has 0 amide bonds. The second-order valence-electron chi connectivity index (χ2n) is 10.2. The number of unbranched alkanes of at least 4 members (excludes halogenated alkanes) is 1. The third-order valence-corrected chi connectivity index (χ3v) is 33.8. The van der Waals surface area contributed by atoms with E-state index in [4.69, 9.17) is 33.2 Å². The molecule has 0 spiro atoms. The van der Waals surface area contributed by atoms with Crippen LogP contribution in [0, 0.1) is 0 Å². The Hall–Kier alpha value is 0.687. The zero-order valence-corrected chi connectivity index (χ0v) is 28.2. The summed E-state index contributed by atoms with van der Waals surface area (Å²) in [7, 11) is 0. The standard InChI is InChI=1S/2C10H9.C4H8Cl3Si.CH3.2ClH.H2Si.Zr/c2*1-8-6-9-4-2-3-5-10(9)7-8;1-2-3-4-8(5,6)7;;;;;/h2*2-7H,1H3;1-4H2;1H3;2*1H;1H2;. The zero-order valence-electron chi connectivity index (χ0n) is 19.4. The molecular weight excluding hydrogens is 625 g/mol. The van der Waals surface area contributed by atoms with E-state index < -0.39 is 23.4 Å². The number of fused-ring (bicyclic) bond motifs is 2. The summed E-state index contributed by atoms with van der Waals surface area (Å²) in [5.41, 5.74) is 9.04. The topological polar surface area (TPSA) is 0 Å². The van der Waals surface area contributed by atoms with E-state index in [1.165, 1.54) is 15.3 Å². The van der Waals surface area contributed by atoms with Crippen LogP contribution in [0.3, 0.4) is 0 Å². The summed E-state index contributed by atoms with van der Waals surface area (Å²) in [6.45, 7) is 7.16. The molecule has 2 unspecified atom stereocenters. The molecule has 0 bridgehead atoms. The van der Waals surface area contributed by atoms with Crippen molar-refractivity contribution in [3.8, 4) is 0 Å². The molecular formula is C25H33Cl5Si2Zr. The van der Waals surface area contributed by atoms with Crippen LogP contribution < -0.4 is 0 Å². The molecule has 0 aliphatic heterocycles. The van der Waals surface area contributed by atoms with Crippen LogP contribution in [-0.4, -0.2) is 12.9 Å². The number of rotatable bonds is 7. The van der Waals surface area contributed by atoms with Crippen molar-refractivity contribution in [1.29, 1.82) is 0 Å². The smallest absolute Gasteiger partial charge is 0.147 e. The second kappa shape index (κ2) is 11.0. The van der Waals surface area contributed by atoms with Gasteiger partial charge in [0.2, 0.25) is 0 Å². The van der Waals surface area contributed by atoms with Gasteiger partial charge in [-0.25, -0.2) is 0 Å². The predicted octanol–water partition coefficient (Wildman–Crippen LogP) is 9.29. The van der Waals surface area contributed by atoms with Gasteiger partial charge in [0, 0.05) is 0 Å². The van der Waals surface area contributed by atoms with Crippen LogP contribution in [0.1, 0.15) is 56.2 Å². The van der Waals surface area contributed by atoms with Crippen LogP contribution in [-0.2, 0) is 17.4 Å². The molecule has 2 aromatic carbocycles. The summed E-state index contributed by atoms with van der Waals surface area (Å²) in [5.74, 6) is 0. The number of hydrogen-bond acceptors (Lipinski definition) is 0. The molecule has 0 fully saturated rings. The van der Waals surface area contributed by atoms with Crippen molar-refractivity contribution in [3.63, 3.8) is 0 Å². The van der Waals surface area contributed by atoms with E-state index in [2.05, 4.69) is 86.0 Å². The van der Waals surface area contributed by atoms with Gasteiger partial charge in [-0.1, -0.05) is 0 Å². The maximum absolute atomic E-state index is 6.22. The third kappa shape index (κ3) is 5.83. The first-order chi connectivity index (χ1) is 14.5. The Morgan fingerprint density at radius 2 is 1.21 bits per heavy atom. The molecule has 0 nitrogen and oxygen atoms in total. The van der Waals surface area contributed by atoms with Crippen LogP contribution in [0.25, 0.3) is 12.2 Å². The summed E-state index contributed by atoms with van der Waals surface area (Å²) in [6.07, 6.45) is 7.06. The summed E-state index contributed by atoms with van der Waals surface area (Å²) in [5, 5.41) is 0. The van der Waals surface area contributed by atoms with Crippen LogP contribution in [0.2, 0.25) is 14.8 Å². The monoisotopic (exact) mass is 654 g/mol. The van der Waals surface area contributed by atoms with E-state index in [1.54, 1.807) is 22.3 Å². The van der Waals surface area contributed by atoms with Gasteiger partial charge >= 0.3 is 206 Å². The van der Waals surface area contributed by atoms with Crippen molar-refractivity contribution >= 4 is 83.1 Å². The van der Waals surface area contributed by atoms with E-state index in [0.717, 1.165) is 18.9 Å². The van der Waals surface area contributed by atoms with Gasteiger partial charge in [0.25, 0.3) is 0 Å². The Morgan fingerprint density at radius 3 is 1.64 bits per heavy atom. The second-order valence-corrected chi connectivity index (χ2v) is 47.9. The molecule has 180 valence electrons. The van der Waals surface area contributed by atoms with Gasteiger partial charge in [-0.3, -0.25) is 0 Å². The fourth-order valence-electron chi connectivity index (χ4n) is 6.66. The van der Waals surface area contributed by atoms with Crippen LogP contribution in [0.15, 0.2) is 59.7 Å². The Balaban J connectivity index is 0.00000193. The van der Waals surface area contributed by atoms with Gasteiger partial charge in [-0.05, 0) is 0 Å². The van der Waals surface area contributed by atoms with Gasteiger partial charge in [0.05, 0.1) is 0 Å². The minimum absolute atomic E-state index is 0. The van der Waals surface area contributed by atoms with E-state index in [-0.39, 0.29) is 24.8 Å². The van der Waals surface area contributed by atoms with Gasteiger partial charge < -0.3 is 0 Å². The average Bonchev–Trinajstić information content (AvgIpc) is 3.21. The fraction of sp³-hybridized carbons (Fsp3) is 0.360. The summed E-state index contributed by atoms with van der Waals surface area (Å²) < 4.78 is 5.17. The maximum Gasteiger partial charge on any atom is -0.147 e. The predicted molar refractivity (Wildman–Crippen MR) is 157 cm³/mol. The molecule has 0 N–H and O–H groups in total. The number of halogens is 5. The van der Waals surface area contributed by atoms with E-state index in [9.17, 15) is 0 Å². The SMILES string of the molecule is CC1=Cc2ccccc2[CH]1[Zr]([CH3])(=[SiH2])([CH2]CCC[Si](Cl)(Cl)Cl)[CH]1C(C)=Cc2ccccc21.Cl.Cl. The van der Waals surface area contributed by atoms with E-state index >= 15 is 0 Å². The maximum atomic E-state index is 6.22. The van der Waals surface area contributed by atoms with E-state index in [0.29, 0.717) is 7.25 Å². The summed E-state index contributed by atoms with van der Waals surface area (Å²) in [4.78, 5) is 0. The molecule has 0 aromatic heterocycles. The molecule has 33 heavy (non-hydrogen) atoms. The molecule has 2 aromatic rings. The normalized spacial score (nSPS) is 19.6. The Bertz CT molecular complexity index is 1080. The third-order valence-electron chi connectivity index (χ3n) is 7.62. The summed E-state index contributed by atoms with van der Waals surface area (Å²) in [6, 6.07) is 16.3. The Kier molecular flexibility index (Phi) is 9.95. The van der Waals surface area contributed by atoms with Crippen LogP contribution in [0.4, 0.5) is 0 Å². The van der Waals surface area contributed by atoms with Crippen LogP contribution in [0.5, 0.6) is 0 Å². The minimum atomic E-state index is -3.52. The molecule has 0 radical (unpaired) electrons. The first kappa shape index (κ1) is 29.9. The molecule has 2 aliphatic carbocycles. The van der Waals surface area contributed by atoms with E-state index in [1.807, 2.05) is 0 Å². The van der Waals surface area contributed by atoms with Gasteiger partial charge in [0.1, 0.15) is 0 Å². The molecule has 8 heteroatoms.